The first-order valence-electron chi connectivity index (χ1n) is 10.6. The molecular weight excluding hydrogens is 462 g/mol. The second-order valence-corrected chi connectivity index (χ2v) is 10.3. The van der Waals surface area contributed by atoms with E-state index in [1.165, 1.54) is 17.4 Å². The van der Waals surface area contributed by atoms with Crippen molar-refractivity contribution in [3.63, 3.8) is 0 Å². The Morgan fingerprint density at radius 1 is 0.970 bits per heavy atom. The minimum absolute atomic E-state index is 0.206. The van der Waals surface area contributed by atoms with Crippen molar-refractivity contribution in [1.29, 1.82) is 0 Å². The predicted molar refractivity (Wildman–Crippen MR) is 129 cm³/mol. The van der Waals surface area contributed by atoms with Crippen molar-refractivity contribution in [1.82, 2.24) is 9.62 Å². The first-order valence-corrected chi connectivity index (χ1v) is 12.4. The van der Waals surface area contributed by atoms with E-state index >= 15 is 0 Å². The lowest BCUT2D eigenvalue weighted by Gasteiger charge is -2.30. The summed E-state index contributed by atoms with van der Waals surface area (Å²) in [7, 11) is -2.14. The standard InChI is InChI=1S/C24H24ClN3O4S/c1-26-24(30)21-15-19(7-9-22(21)25)27-23(29)17-10-12-28(13-11-17)33(31,32)20-8-6-16-4-2-3-5-18(16)14-20/h2-9,14-15,17H,10-13H2,1H3,(H,26,30)(H,27,29). The number of hydrogen-bond acceptors (Lipinski definition) is 4. The van der Waals surface area contributed by atoms with E-state index in [2.05, 4.69) is 10.6 Å². The normalized spacial score (nSPS) is 15.3. The highest BCUT2D eigenvalue weighted by atomic mass is 35.5. The Labute approximate surface area is 197 Å². The van der Waals surface area contributed by atoms with Crippen molar-refractivity contribution in [3.8, 4) is 0 Å². The molecule has 0 radical (unpaired) electrons. The Kier molecular flexibility index (Phi) is 6.69. The van der Waals surface area contributed by atoms with Gasteiger partial charge in [0.05, 0.1) is 15.5 Å². The second-order valence-electron chi connectivity index (χ2n) is 7.95. The van der Waals surface area contributed by atoms with E-state index in [4.69, 9.17) is 11.6 Å². The van der Waals surface area contributed by atoms with Crippen molar-refractivity contribution in [2.45, 2.75) is 17.7 Å². The molecule has 0 bridgehead atoms. The molecule has 0 saturated carbocycles. The van der Waals surface area contributed by atoms with E-state index in [1.54, 1.807) is 24.3 Å². The third-order valence-electron chi connectivity index (χ3n) is 5.89. The van der Waals surface area contributed by atoms with E-state index < -0.39 is 10.0 Å². The van der Waals surface area contributed by atoms with Crippen LogP contribution in [0.2, 0.25) is 5.02 Å². The van der Waals surface area contributed by atoms with Gasteiger partial charge in [0.2, 0.25) is 15.9 Å². The van der Waals surface area contributed by atoms with Crippen LogP contribution in [0.5, 0.6) is 0 Å². The number of piperidine rings is 1. The van der Waals surface area contributed by atoms with Gasteiger partial charge < -0.3 is 10.6 Å². The van der Waals surface area contributed by atoms with Crippen LogP contribution in [0.4, 0.5) is 5.69 Å². The highest BCUT2D eigenvalue weighted by Gasteiger charge is 2.32. The molecule has 0 unspecified atom stereocenters. The number of carbonyl (C=O) groups is 2. The second kappa shape index (κ2) is 9.51. The topological polar surface area (TPSA) is 95.6 Å². The van der Waals surface area contributed by atoms with Crippen molar-refractivity contribution in [2.75, 3.05) is 25.5 Å². The van der Waals surface area contributed by atoms with Crippen molar-refractivity contribution >= 4 is 49.9 Å². The largest absolute Gasteiger partial charge is 0.355 e. The summed E-state index contributed by atoms with van der Waals surface area (Å²) in [5.74, 6) is -0.876. The molecule has 2 N–H and O–H groups in total. The first-order chi connectivity index (χ1) is 15.8. The lowest BCUT2D eigenvalue weighted by Crippen LogP contribution is -2.41. The van der Waals surface area contributed by atoms with Crippen LogP contribution in [0.3, 0.4) is 0 Å². The van der Waals surface area contributed by atoms with E-state index in [1.807, 2.05) is 30.3 Å². The Hall–Kier alpha value is -2.94. The fourth-order valence-electron chi connectivity index (χ4n) is 3.99. The molecule has 1 heterocycles. The molecule has 9 heteroatoms. The van der Waals surface area contributed by atoms with Gasteiger partial charge in [-0.05, 0) is 53.9 Å². The Balaban J connectivity index is 1.42. The molecule has 1 aliphatic rings. The fraction of sp³-hybridized carbons (Fsp3) is 0.250. The number of rotatable bonds is 5. The highest BCUT2D eigenvalue weighted by Crippen LogP contribution is 2.27. The number of nitrogens with one attached hydrogen (secondary N) is 2. The number of carbonyl (C=O) groups excluding carboxylic acids is 2. The number of benzene rings is 3. The molecule has 0 aliphatic carbocycles. The van der Waals surface area contributed by atoms with Gasteiger partial charge in [-0.15, -0.1) is 0 Å². The molecule has 0 atom stereocenters. The van der Waals surface area contributed by atoms with Gasteiger partial charge in [-0.3, -0.25) is 9.59 Å². The number of hydrogen-bond donors (Lipinski definition) is 2. The smallest absolute Gasteiger partial charge is 0.252 e. The van der Waals surface area contributed by atoms with Crippen LogP contribution >= 0.6 is 11.6 Å². The molecule has 0 aromatic heterocycles. The minimum Gasteiger partial charge on any atom is -0.355 e. The molecule has 1 saturated heterocycles. The van der Waals surface area contributed by atoms with Crippen LogP contribution in [-0.4, -0.2) is 44.7 Å². The summed E-state index contributed by atoms with van der Waals surface area (Å²) in [5, 5.41) is 7.47. The van der Waals surface area contributed by atoms with Gasteiger partial charge in [0, 0.05) is 31.7 Å². The molecule has 33 heavy (non-hydrogen) atoms. The average Bonchev–Trinajstić information content (AvgIpc) is 2.84. The third-order valence-corrected chi connectivity index (χ3v) is 8.11. The number of nitrogens with zero attached hydrogens (tertiary/aromatic N) is 1. The first kappa shape index (κ1) is 23.2. The molecular formula is C24H24ClN3O4S. The number of halogens is 1. The maximum atomic E-state index is 13.1. The zero-order valence-electron chi connectivity index (χ0n) is 18.0. The van der Waals surface area contributed by atoms with Gasteiger partial charge in [-0.2, -0.15) is 4.31 Å². The third kappa shape index (κ3) is 4.88. The van der Waals surface area contributed by atoms with Gasteiger partial charge in [0.1, 0.15) is 0 Å². The van der Waals surface area contributed by atoms with Gasteiger partial charge in [-0.25, -0.2) is 8.42 Å². The van der Waals surface area contributed by atoms with E-state index in [0.29, 0.717) is 23.6 Å². The summed E-state index contributed by atoms with van der Waals surface area (Å²) in [4.78, 5) is 24.9. The molecule has 3 aromatic carbocycles. The summed E-state index contributed by atoms with van der Waals surface area (Å²) in [6.45, 7) is 0.523. The predicted octanol–water partition coefficient (Wildman–Crippen LogP) is 3.89. The minimum atomic E-state index is -3.64. The van der Waals surface area contributed by atoms with Gasteiger partial charge in [-0.1, -0.05) is 41.9 Å². The summed E-state index contributed by atoms with van der Waals surface area (Å²) in [6, 6.07) is 17.4. The fourth-order valence-corrected chi connectivity index (χ4v) is 5.70. The maximum absolute atomic E-state index is 13.1. The summed E-state index contributed by atoms with van der Waals surface area (Å²) in [6.07, 6.45) is 0.822. The zero-order chi connectivity index (χ0) is 23.6. The monoisotopic (exact) mass is 485 g/mol. The molecule has 7 nitrogen and oxygen atoms in total. The molecule has 0 spiro atoms. The lowest BCUT2D eigenvalue weighted by molar-refractivity contribution is -0.120. The van der Waals surface area contributed by atoms with E-state index in [-0.39, 0.29) is 41.3 Å². The lowest BCUT2D eigenvalue weighted by atomic mass is 9.97. The van der Waals surface area contributed by atoms with E-state index in [0.717, 1.165) is 10.8 Å². The van der Waals surface area contributed by atoms with Crippen LogP contribution in [0.25, 0.3) is 10.8 Å². The number of fused-ring (bicyclic) bond motifs is 1. The van der Waals surface area contributed by atoms with Crippen molar-refractivity contribution in [2.24, 2.45) is 5.92 Å². The highest BCUT2D eigenvalue weighted by molar-refractivity contribution is 7.89. The van der Waals surface area contributed by atoms with Gasteiger partial charge >= 0.3 is 0 Å². The summed E-state index contributed by atoms with van der Waals surface area (Å²) in [5.41, 5.74) is 0.738. The molecule has 172 valence electrons. The zero-order valence-corrected chi connectivity index (χ0v) is 19.6. The summed E-state index contributed by atoms with van der Waals surface area (Å²) >= 11 is 6.06. The van der Waals surface area contributed by atoms with Crippen LogP contribution in [-0.2, 0) is 14.8 Å². The van der Waals surface area contributed by atoms with Crippen molar-refractivity contribution < 1.29 is 18.0 Å². The van der Waals surface area contributed by atoms with E-state index in [9.17, 15) is 18.0 Å². The molecule has 2 amide bonds. The number of amides is 2. The van der Waals surface area contributed by atoms with Crippen LogP contribution in [0.15, 0.2) is 65.6 Å². The van der Waals surface area contributed by atoms with Crippen molar-refractivity contribution in [3.05, 3.63) is 71.2 Å². The molecule has 1 aliphatic heterocycles. The molecule has 4 rings (SSSR count). The number of sulfonamides is 1. The average molecular weight is 486 g/mol. The quantitative estimate of drug-likeness (QED) is 0.573. The Morgan fingerprint density at radius 3 is 2.36 bits per heavy atom. The van der Waals surface area contributed by atoms with Crippen LogP contribution in [0.1, 0.15) is 23.2 Å². The molecule has 1 fully saturated rings. The van der Waals surface area contributed by atoms with Gasteiger partial charge in [0.15, 0.2) is 0 Å². The maximum Gasteiger partial charge on any atom is 0.252 e. The molecule has 3 aromatic rings. The summed E-state index contributed by atoms with van der Waals surface area (Å²) < 4.78 is 27.7. The van der Waals surface area contributed by atoms with Crippen LogP contribution < -0.4 is 10.6 Å². The Morgan fingerprint density at radius 2 is 1.67 bits per heavy atom. The van der Waals surface area contributed by atoms with Crippen LogP contribution in [0, 0.1) is 5.92 Å². The Bertz CT molecular complexity index is 1320. The SMILES string of the molecule is CNC(=O)c1cc(NC(=O)C2CCN(S(=O)(=O)c3ccc4ccccc4c3)CC2)ccc1Cl. The van der Waals surface area contributed by atoms with Gasteiger partial charge in [0.25, 0.3) is 5.91 Å². The number of anilines is 1.